The van der Waals surface area contributed by atoms with Gasteiger partial charge in [-0.05, 0) is 30.0 Å². The van der Waals surface area contributed by atoms with Crippen LogP contribution in [0, 0.1) is 5.92 Å². The SMILES string of the molecule is CCCC(C)C(Br)c1ccc(Cl)cc1. The molecule has 0 spiro atoms. The highest BCUT2D eigenvalue weighted by Crippen LogP contribution is 2.33. The molecule has 78 valence electrons. The van der Waals surface area contributed by atoms with Crippen LogP contribution in [-0.2, 0) is 0 Å². The fourth-order valence-electron chi connectivity index (χ4n) is 1.58. The molecule has 0 aliphatic rings. The van der Waals surface area contributed by atoms with Gasteiger partial charge in [-0.3, -0.25) is 0 Å². The Labute approximate surface area is 99.8 Å². The summed E-state index contributed by atoms with van der Waals surface area (Å²) in [5.41, 5.74) is 1.32. The van der Waals surface area contributed by atoms with Crippen molar-refractivity contribution in [3.63, 3.8) is 0 Å². The molecule has 2 unspecified atom stereocenters. The van der Waals surface area contributed by atoms with Crippen molar-refractivity contribution in [2.75, 3.05) is 0 Å². The first-order valence-corrected chi connectivity index (χ1v) is 6.34. The molecule has 0 bridgehead atoms. The summed E-state index contributed by atoms with van der Waals surface area (Å²) in [6, 6.07) is 8.08. The molecule has 0 fully saturated rings. The van der Waals surface area contributed by atoms with Gasteiger partial charge in [0, 0.05) is 9.85 Å². The number of hydrogen-bond donors (Lipinski definition) is 0. The van der Waals surface area contributed by atoms with Crippen LogP contribution in [0.5, 0.6) is 0 Å². The van der Waals surface area contributed by atoms with E-state index >= 15 is 0 Å². The zero-order chi connectivity index (χ0) is 10.6. The minimum atomic E-state index is 0.444. The van der Waals surface area contributed by atoms with Gasteiger partial charge >= 0.3 is 0 Å². The molecule has 0 saturated carbocycles. The predicted molar refractivity (Wildman–Crippen MR) is 67.2 cm³/mol. The van der Waals surface area contributed by atoms with Crippen LogP contribution in [0.25, 0.3) is 0 Å². The predicted octanol–water partition coefficient (Wildman–Crippen LogP) is 5.21. The van der Waals surface area contributed by atoms with E-state index in [9.17, 15) is 0 Å². The molecule has 1 aromatic carbocycles. The molecule has 0 saturated heterocycles. The third kappa shape index (κ3) is 3.29. The van der Waals surface area contributed by atoms with E-state index < -0.39 is 0 Å². The third-order valence-electron chi connectivity index (χ3n) is 2.43. The van der Waals surface area contributed by atoms with E-state index in [2.05, 4.69) is 41.9 Å². The van der Waals surface area contributed by atoms with Gasteiger partial charge in [0.25, 0.3) is 0 Å². The van der Waals surface area contributed by atoms with E-state index in [0.29, 0.717) is 10.7 Å². The molecule has 0 nitrogen and oxygen atoms in total. The molecule has 14 heavy (non-hydrogen) atoms. The highest BCUT2D eigenvalue weighted by atomic mass is 79.9. The van der Waals surface area contributed by atoms with E-state index in [0.717, 1.165) is 5.02 Å². The van der Waals surface area contributed by atoms with Crippen molar-refractivity contribution in [1.82, 2.24) is 0 Å². The lowest BCUT2D eigenvalue weighted by Crippen LogP contribution is -2.02. The van der Waals surface area contributed by atoms with Gasteiger partial charge in [0.15, 0.2) is 0 Å². The van der Waals surface area contributed by atoms with Crippen LogP contribution < -0.4 is 0 Å². The maximum Gasteiger partial charge on any atom is 0.0420 e. The summed E-state index contributed by atoms with van der Waals surface area (Å²) in [6.45, 7) is 4.50. The van der Waals surface area contributed by atoms with E-state index in [4.69, 9.17) is 11.6 Å². The normalized spacial score (nSPS) is 15.1. The average molecular weight is 276 g/mol. The first-order valence-electron chi connectivity index (χ1n) is 5.04. The highest BCUT2D eigenvalue weighted by molar-refractivity contribution is 9.09. The quantitative estimate of drug-likeness (QED) is 0.662. The second-order valence-electron chi connectivity index (χ2n) is 3.72. The van der Waals surface area contributed by atoms with Gasteiger partial charge in [-0.25, -0.2) is 0 Å². The van der Waals surface area contributed by atoms with Gasteiger partial charge in [-0.1, -0.05) is 59.9 Å². The molecule has 1 rings (SSSR count). The van der Waals surface area contributed by atoms with Crippen LogP contribution >= 0.6 is 27.5 Å². The Hall–Kier alpha value is -0.0100. The second-order valence-corrected chi connectivity index (χ2v) is 5.14. The van der Waals surface area contributed by atoms with Crippen LogP contribution in [0.2, 0.25) is 5.02 Å². The highest BCUT2D eigenvalue weighted by Gasteiger charge is 2.14. The largest absolute Gasteiger partial charge is 0.0843 e. The molecule has 2 atom stereocenters. The van der Waals surface area contributed by atoms with E-state index in [-0.39, 0.29) is 0 Å². The zero-order valence-electron chi connectivity index (χ0n) is 8.63. The van der Waals surface area contributed by atoms with Crippen molar-refractivity contribution in [3.8, 4) is 0 Å². The van der Waals surface area contributed by atoms with Gasteiger partial charge in [0.1, 0.15) is 0 Å². The molecule has 0 aromatic heterocycles. The lowest BCUT2D eigenvalue weighted by atomic mass is 9.97. The molecule has 1 aromatic rings. The molecule has 0 radical (unpaired) electrons. The lowest BCUT2D eigenvalue weighted by Gasteiger charge is -2.17. The molecule has 2 heteroatoms. The van der Waals surface area contributed by atoms with Crippen molar-refractivity contribution in [2.45, 2.75) is 31.5 Å². The van der Waals surface area contributed by atoms with Crippen molar-refractivity contribution < 1.29 is 0 Å². The first-order chi connectivity index (χ1) is 6.65. The average Bonchev–Trinajstić information content (AvgIpc) is 2.18. The van der Waals surface area contributed by atoms with Gasteiger partial charge in [-0.2, -0.15) is 0 Å². The zero-order valence-corrected chi connectivity index (χ0v) is 11.0. The number of rotatable bonds is 4. The second kappa shape index (κ2) is 5.77. The maximum atomic E-state index is 5.84. The topological polar surface area (TPSA) is 0 Å². The van der Waals surface area contributed by atoms with Crippen molar-refractivity contribution in [2.24, 2.45) is 5.92 Å². The summed E-state index contributed by atoms with van der Waals surface area (Å²) < 4.78 is 0. The Bertz CT molecular complexity index is 268. The van der Waals surface area contributed by atoms with Crippen LogP contribution in [0.1, 0.15) is 37.1 Å². The number of hydrogen-bond acceptors (Lipinski definition) is 0. The summed E-state index contributed by atoms with van der Waals surface area (Å²) in [7, 11) is 0. The van der Waals surface area contributed by atoms with Crippen molar-refractivity contribution in [1.29, 1.82) is 0 Å². The molecule has 0 N–H and O–H groups in total. The molecule has 0 aliphatic heterocycles. The molecular formula is C12H16BrCl. The summed E-state index contributed by atoms with van der Waals surface area (Å²) in [5.74, 6) is 0.668. The van der Waals surface area contributed by atoms with E-state index in [1.165, 1.54) is 18.4 Å². The van der Waals surface area contributed by atoms with Gasteiger partial charge < -0.3 is 0 Å². The van der Waals surface area contributed by atoms with Crippen LogP contribution in [-0.4, -0.2) is 0 Å². The van der Waals surface area contributed by atoms with Gasteiger partial charge in [0.2, 0.25) is 0 Å². The van der Waals surface area contributed by atoms with Crippen LogP contribution in [0.15, 0.2) is 24.3 Å². The Morgan fingerprint density at radius 1 is 1.29 bits per heavy atom. The summed E-state index contributed by atoms with van der Waals surface area (Å²) in [4.78, 5) is 0.444. The van der Waals surface area contributed by atoms with Crippen LogP contribution in [0.4, 0.5) is 0 Å². The maximum absolute atomic E-state index is 5.84. The van der Waals surface area contributed by atoms with Crippen molar-refractivity contribution >= 4 is 27.5 Å². The third-order valence-corrected chi connectivity index (χ3v) is 4.12. The molecule has 0 heterocycles. The minimum absolute atomic E-state index is 0.444. The number of halogens is 2. The van der Waals surface area contributed by atoms with E-state index in [1.54, 1.807) is 0 Å². The summed E-state index contributed by atoms with van der Waals surface area (Å²) in [5, 5.41) is 0.802. The van der Waals surface area contributed by atoms with E-state index in [1.807, 2.05) is 12.1 Å². The Kier molecular flexibility index (Phi) is 4.97. The van der Waals surface area contributed by atoms with Crippen molar-refractivity contribution in [3.05, 3.63) is 34.9 Å². The monoisotopic (exact) mass is 274 g/mol. The van der Waals surface area contributed by atoms with Crippen LogP contribution in [0.3, 0.4) is 0 Å². The molecule has 0 aliphatic carbocycles. The fourth-order valence-corrected chi connectivity index (χ4v) is 2.27. The van der Waals surface area contributed by atoms with Gasteiger partial charge in [0.05, 0.1) is 0 Å². The smallest absolute Gasteiger partial charge is 0.0420 e. The number of benzene rings is 1. The first kappa shape index (κ1) is 12.1. The Morgan fingerprint density at radius 3 is 2.36 bits per heavy atom. The minimum Gasteiger partial charge on any atom is -0.0843 e. The lowest BCUT2D eigenvalue weighted by molar-refractivity contribution is 0.519. The molecular weight excluding hydrogens is 259 g/mol. The summed E-state index contributed by atoms with van der Waals surface area (Å²) in [6.07, 6.45) is 2.48. The Balaban J connectivity index is 2.68. The Morgan fingerprint density at radius 2 is 1.86 bits per heavy atom. The standard InChI is InChI=1S/C12H16BrCl/c1-3-4-9(2)12(13)10-5-7-11(14)8-6-10/h5-9,12H,3-4H2,1-2H3. The fraction of sp³-hybridized carbons (Fsp3) is 0.500. The summed E-state index contributed by atoms with van der Waals surface area (Å²) >= 11 is 9.58. The molecule has 0 amide bonds. The van der Waals surface area contributed by atoms with Gasteiger partial charge in [-0.15, -0.1) is 0 Å². The number of alkyl halides is 1.